The van der Waals surface area contributed by atoms with Gasteiger partial charge in [0.25, 0.3) is 0 Å². The second kappa shape index (κ2) is 3.22. The summed E-state index contributed by atoms with van der Waals surface area (Å²) < 4.78 is 5.05. The van der Waals surface area contributed by atoms with Gasteiger partial charge in [-0.2, -0.15) is 0 Å². The molecule has 4 heteroatoms. The first kappa shape index (κ1) is 8.53. The van der Waals surface area contributed by atoms with Crippen molar-refractivity contribution >= 4 is 11.6 Å². The second-order valence-corrected chi connectivity index (χ2v) is 3.25. The first-order chi connectivity index (χ1) is 5.11. The maximum absolute atomic E-state index is 5.47. The van der Waals surface area contributed by atoms with Crippen LogP contribution in [0.5, 0.6) is 0 Å². The minimum atomic E-state index is 0.118. The third kappa shape index (κ3) is 1.93. The van der Waals surface area contributed by atoms with E-state index < -0.39 is 0 Å². The Labute approximate surface area is 70.8 Å². The minimum Gasteiger partial charge on any atom is -0.412 e. The number of hydrogen-bond acceptors (Lipinski definition) is 3. The summed E-state index contributed by atoms with van der Waals surface area (Å²) in [4.78, 5) is 0. The Morgan fingerprint density at radius 2 is 1.91 bits per heavy atom. The highest BCUT2D eigenvalue weighted by molar-refractivity contribution is 6.27. The summed E-state index contributed by atoms with van der Waals surface area (Å²) in [7, 11) is 0. The van der Waals surface area contributed by atoms with Gasteiger partial charge in [0.05, 0.1) is 0 Å². The van der Waals surface area contributed by atoms with Crippen LogP contribution in [0.2, 0.25) is 5.35 Å². The average molecular weight is 175 g/mol. The maximum Gasteiger partial charge on any atom is 0.312 e. The van der Waals surface area contributed by atoms with Crippen molar-refractivity contribution in [1.29, 1.82) is 0 Å². The van der Waals surface area contributed by atoms with Crippen molar-refractivity contribution in [3.05, 3.63) is 11.2 Å². The zero-order valence-corrected chi connectivity index (χ0v) is 7.59. The van der Waals surface area contributed by atoms with Crippen LogP contribution in [0.3, 0.4) is 0 Å². The van der Waals surface area contributed by atoms with Crippen molar-refractivity contribution in [2.45, 2.75) is 26.7 Å². The summed E-state index contributed by atoms with van der Waals surface area (Å²) in [6.45, 7) is 6.24. The lowest BCUT2D eigenvalue weighted by Crippen LogP contribution is -2.01. The van der Waals surface area contributed by atoms with E-state index in [2.05, 4.69) is 24.0 Å². The Balaban J connectivity index is 2.76. The SMILES string of the molecule is CC(C)C(C)c1nnc(Cl)o1. The average Bonchev–Trinajstić information content (AvgIpc) is 2.34. The molecule has 0 N–H and O–H groups in total. The van der Waals surface area contributed by atoms with Gasteiger partial charge in [0.2, 0.25) is 5.89 Å². The lowest BCUT2D eigenvalue weighted by atomic mass is 9.98. The first-order valence-corrected chi connectivity index (χ1v) is 3.98. The van der Waals surface area contributed by atoms with Crippen molar-refractivity contribution < 1.29 is 4.42 Å². The molecule has 0 spiro atoms. The number of aromatic nitrogens is 2. The van der Waals surface area contributed by atoms with Crippen molar-refractivity contribution in [2.75, 3.05) is 0 Å². The second-order valence-electron chi connectivity index (χ2n) is 2.93. The van der Waals surface area contributed by atoms with Crippen molar-refractivity contribution in [2.24, 2.45) is 5.92 Å². The summed E-state index contributed by atoms with van der Waals surface area (Å²) in [6, 6.07) is 0. The third-order valence-corrected chi connectivity index (χ3v) is 1.96. The van der Waals surface area contributed by atoms with E-state index in [4.69, 9.17) is 16.0 Å². The minimum absolute atomic E-state index is 0.118. The Bertz CT molecular complexity index is 234. The zero-order valence-electron chi connectivity index (χ0n) is 6.84. The molecule has 0 saturated carbocycles. The molecular formula is C7H11ClN2O. The van der Waals surface area contributed by atoms with Gasteiger partial charge in [0.15, 0.2) is 0 Å². The Kier molecular flexibility index (Phi) is 2.49. The molecule has 1 rings (SSSR count). The number of hydrogen-bond donors (Lipinski definition) is 0. The summed E-state index contributed by atoms with van der Waals surface area (Å²) >= 11 is 5.47. The van der Waals surface area contributed by atoms with Crippen molar-refractivity contribution in [3.8, 4) is 0 Å². The van der Waals surface area contributed by atoms with E-state index in [0.717, 1.165) is 0 Å². The molecule has 1 unspecified atom stereocenters. The van der Waals surface area contributed by atoms with E-state index in [-0.39, 0.29) is 11.3 Å². The molecule has 0 fully saturated rings. The molecule has 1 aromatic rings. The molecule has 11 heavy (non-hydrogen) atoms. The van der Waals surface area contributed by atoms with Crippen LogP contribution in [0, 0.1) is 5.92 Å². The van der Waals surface area contributed by atoms with Gasteiger partial charge in [0.1, 0.15) is 0 Å². The van der Waals surface area contributed by atoms with E-state index >= 15 is 0 Å². The predicted molar refractivity (Wildman–Crippen MR) is 42.6 cm³/mol. The largest absolute Gasteiger partial charge is 0.412 e. The summed E-state index contributed by atoms with van der Waals surface area (Å²) in [5.74, 6) is 1.38. The van der Waals surface area contributed by atoms with E-state index in [1.165, 1.54) is 0 Å². The fourth-order valence-electron chi connectivity index (χ4n) is 0.685. The molecule has 0 amide bonds. The quantitative estimate of drug-likeness (QED) is 0.692. The van der Waals surface area contributed by atoms with Gasteiger partial charge in [-0.05, 0) is 17.5 Å². The standard InChI is InChI=1S/C7H11ClN2O/c1-4(2)5(3)6-9-10-7(8)11-6/h4-5H,1-3H3. The van der Waals surface area contributed by atoms with Crippen LogP contribution in [0.15, 0.2) is 4.42 Å². The van der Waals surface area contributed by atoms with Gasteiger partial charge in [0, 0.05) is 5.92 Å². The van der Waals surface area contributed by atoms with Gasteiger partial charge in [-0.25, -0.2) is 0 Å². The van der Waals surface area contributed by atoms with E-state index in [1.807, 2.05) is 6.92 Å². The number of halogens is 1. The van der Waals surface area contributed by atoms with Crippen LogP contribution >= 0.6 is 11.6 Å². The number of nitrogens with zero attached hydrogens (tertiary/aromatic N) is 2. The fraction of sp³-hybridized carbons (Fsp3) is 0.714. The third-order valence-electron chi connectivity index (χ3n) is 1.81. The van der Waals surface area contributed by atoms with Gasteiger partial charge < -0.3 is 4.42 Å². The molecule has 0 aromatic carbocycles. The van der Waals surface area contributed by atoms with Crippen LogP contribution in [-0.2, 0) is 0 Å². The van der Waals surface area contributed by atoms with Crippen LogP contribution in [-0.4, -0.2) is 10.2 Å². The Hall–Kier alpha value is -0.570. The van der Waals surface area contributed by atoms with Crippen molar-refractivity contribution in [1.82, 2.24) is 10.2 Å². The highest BCUT2D eigenvalue weighted by Crippen LogP contribution is 2.22. The highest BCUT2D eigenvalue weighted by Gasteiger charge is 2.16. The summed E-state index contributed by atoms with van der Waals surface area (Å²) in [6.07, 6.45) is 0. The van der Waals surface area contributed by atoms with E-state index in [9.17, 15) is 0 Å². The van der Waals surface area contributed by atoms with Crippen LogP contribution < -0.4 is 0 Å². The van der Waals surface area contributed by atoms with Crippen LogP contribution in [0.4, 0.5) is 0 Å². The molecule has 1 atom stereocenters. The molecule has 3 nitrogen and oxygen atoms in total. The normalized spacial score (nSPS) is 13.9. The Morgan fingerprint density at radius 1 is 1.27 bits per heavy atom. The molecule has 1 heterocycles. The predicted octanol–water partition coefficient (Wildman–Crippen LogP) is 2.48. The van der Waals surface area contributed by atoms with Gasteiger partial charge in [-0.1, -0.05) is 25.9 Å². The zero-order chi connectivity index (χ0) is 8.43. The van der Waals surface area contributed by atoms with Gasteiger partial charge >= 0.3 is 5.35 Å². The molecule has 0 aliphatic carbocycles. The van der Waals surface area contributed by atoms with Gasteiger partial charge in [-0.15, -0.1) is 5.10 Å². The monoisotopic (exact) mass is 174 g/mol. The molecular weight excluding hydrogens is 164 g/mol. The smallest absolute Gasteiger partial charge is 0.312 e. The molecule has 0 bridgehead atoms. The molecule has 0 aliphatic rings. The first-order valence-electron chi connectivity index (χ1n) is 3.60. The number of rotatable bonds is 2. The van der Waals surface area contributed by atoms with Crippen molar-refractivity contribution in [3.63, 3.8) is 0 Å². The van der Waals surface area contributed by atoms with E-state index in [1.54, 1.807) is 0 Å². The molecule has 0 saturated heterocycles. The lowest BCUT2D eigenvalue weighted by molar-refractivity contribution is 0.401. The van der Waals surface area contributed by atoms with E-state index in [0.29, 0.717) is 11.8 Å². The molecule has 62 valence electrons. The topological polar surface area (TPSA) is 38.9 Å². The fourth-order valence-corrected chi connectivity index (χ4v) is 0.802. The van der Waals surface area contributed by atoms with Crippen LogP contribution in [0.1, 0.15) is 32.6 Å². The molecule has 1 aromatic heterocycles. The molecule has 0 aliphatic heterocycles. The lowest BCUT2D eigenvalue weighted by Gasteiger charge is -2.08. The highest BCUT2D eigenvalue weighted by atomic mass is 35.5. The van der Waals surface area contributed by atoms with Gasteiger partial charge in [-0.3, -0.25) is 0 Å². The maximum atomic E-state index is 5.47. The summed E-state index contributed by atoms with van der Waals surface area (Å²) in [5.41, 5.74) is 0. The van der Waals surface area contributed by atoms with Crippen LogP contribution in [0.25, 0.3) is 0 Å². The molecule has 0 radical (unpaired) electrons. The Morgan fingerprint density at radius 3 is 2.27 bits per heavy atom. The summed E-state index contributed by atoms with van der Waals surface area (Å²) in [5, 5.41) is 7.48.